The van der Waals surface area contributed by atoms with Gasteiger partial charge in [0.05, 0.1) is 42.5 Å². The molecule has 4 fully saturated rings. The van der Waals surface area contributed by atoms with E-state index in [9.17, 15) is 23.6 Å². The van der Waals surface area contributed by atoms with Crippen molar-refractivity contribution < 1.29 is 37.1 Å². The summed E-state index contributed by atoms with van der Waals surface area (Å²) in [7, 11) is 1.77. The molecule has 2 aromatic carbocycles. The van der Waals surface area contributed by atoms with Gasteiger partial charge in [0.25, 0.3) is 17.7 Å². The second-order valence-electron chi connectivity index (χ2n) is 18.2. The first-order chi connectivity index (χ1) is 31.9. The van der Waals surface area contributed by atoms with Crippen molar-refractivity contribution in [2.24, 2.45) is 5.41 Å². The maximum Gasteiger partial charge on any atom is 0.328 e. The van der Waals surface area contributed by atoms with Crippen LogP contribution >= 0.6 is 0 Å². The third-order valence-electron chi connectivity index (χ3n) is 14.3. The van der Waals surface area contributed by atoms with Crippen LogP contribution in [-0.4, -0.2) is 124 Å². The fourth-order valence-corrected chi connectivity index (χ4v) is 10.4. The second-order valence-corrected chi connectivity index (χ2v) is 18.2. The Morgan fingerprint density at radius 3 is 2.47 bits per heavy atom. The van der Waals surface area contributed by atoms with E-state index in [2.05, 4.69) is 25.8 Å². The van der Waals surface area contributed by atoms with Gasteiger partial charge in [-0.05, 0) is 67.6 Å². The molecular formula is C47H48F3N11O5. The van der Waals surface area contributed by atoms with Gasteiger partial charge < -0.3 is 25.2 Å². The van der Waals surface area contributed by atoms with Gasteiger partial charge in [0.1, 0.15) is 11.9 Å². The van der Waals surface area contributed by atoms with Crippen LogP contribution in [0.2, 0.25) is 0 Å². The number of imide groups is 1. The van der Waals surface area contributed by atoms with Gasteiger partial charge in [0, 0.05) is 99.1 Å². The number of rotatable bonds is 9. The van der Waals surface area contributed by atoms with Crippen molar-refractivity contribution in [1.82, 2.24) is 40.0 Å². The van der Waals surface area contributed by atoms with Crippen LogP contribution in [0.1, 0.15) is 69.6 Å². The smallest absolute Gasteiger partial charge is 0.328 e. The molecule has 342 valence electrons. The second kappa shape index (κ2) is 16.0. The monoisotopic (exact) mass is 903 g/mol. The lowest BCUT2D eigenvalue weighted by Gasteiger charge is -2.51. The minimum Gasteiger partial charge on any atom is -0.491 e. The molecule has 0 radical (unpaired) electrons. The number of hydrogen-bond donors (Lipinski definition) is 3. The summed E-state index contributed by atoms with van der Waals surface area (Å²) >= 11 is 0. The SMILES string of the molecule is CNc1cc(N2CCc3c(-c4ccc(CN5CCC6(CCN(C(=O)c7cc8c(c(N9CCC(=O)NC9=O)c7)OCC8)CC6)C(F)(F)C5)cn4)cccc32)nn2c(C(=O)N[C@@H]3C[C@@H]3F)cnc12. The Labute approximate surface area is 377 Å². The van der Waals surface area contributed by atoms with Gasteiger partial charge in [-0.2, -0.15) is 0 Å². The van der Waals surface area contributed by atoms with Gasteiger partial charge in [-0.1, -0.05) is 18.2 Å². The van der Waals surface area contributed by atoms with E-state index in [1.165, 1.54) is 15.6 Å². The number of likely N-dealkylation sites (tertiary alicyclic amines) is 2. The predicted octanol–water partition coefficient (Wildman–Crippen LogP) is 5.51. The number of urea groups is 1. The van der Waals surface area contributed by atoms with E-state index in [1.807, 2.05) is 36.4 Å². The highest BCUT2D eigenvalue weighted by atomic mass is 19.3. The number of anilines is 4. The molecule has 5 aliphatic heterocycles. The topological polar surface area (TPSA) is 170 Å². The molecule has 0 unspecified atom stereocenters. The van der Waals surface area contributed by atoms with E-state index in [0.717, 1.165) is 33.6 Å². The number of amides is 5. The van der Waals surface area contributed by atoms with Crippen LogP contribution in [0.5, 0.6) is 5.75 Å². The van der Waals surface area contributed by atoms with Gasteiger partial charge in [-0.25, -0.2) is 27.5 Å². The Morgan fingerprint density at radius 1 is 0.924 bits per heavy atom. The summed E-state index contributed by atoms with van der Waals surface area (Å²) in [4.78, 5) is 67.6. The zero-order chi connectivity index (χ0) is 45.5. The molecule has 16 nitrogen and oxygen atoms in total. The molecule has 3 saturated heterocycles. The number of piperidine rings is 2. The van der Waals surface area contributed by atoms with Crippen molar-refractivity contribution in [3.63, 3.8) is 0 Å². The van der Waals surface area contributed by atoms with E-state index < -0.39 is 42.0 Å². The Hall–Kier alpha value is -6.76. The quantitative estimate of drug-likeness (QED) is 0.171. The number of halogens is 3. The number of alkyl halides is 3. The number of carbonyl (C=O) groups is 4. The van der Waals surface area contributed by atoms with E-state index >= 15 is 8.78 Å². The Bertz CT molecular complexity index is 2810. The lowest BCUT2D eigenvalue weighted by Crippen LogP contribution is -2.59. The Morgan fingerprint density at radius 2 is 1.73 bits per heavy atom. The number of benzene rings is 2. The lowest BCUT2D eigenvalue weighted by molar-refractivity contribution is -0.186. The molecule has 19 heteroatoms. The molecule has 2 atom stereocenters. The molecule has 3 aromatic heterocycles. The number of hydrogen-bond acceptors (Lipinski definition) is 11. The number of pyridine rings is 1. The maximum atomic E-state index is 16.3. The minimum atomic E-state index is -2.98. The average Bonchev–Trinajstić information content (AvgIpc) is 3.72. The van der Waals surface area contributed by atoms with E-state index in [-0.39, 0.29) is 56.4 Å². The molecule has 11 rings (SSSR count). The van der Waals surface area contributed by atoms with Gasteiger partial charge in [-0.15, -0.1) is 5.10 Å². The molecular weight excluding hydrogens is 856 g/mol. The van der Waals surface area contributed by atoms with Crippen LogP contribution < -0.4 is 30.5 Å². The number of imidazole rings is 1. The van der Waals surface area contributed by atoms with Crippen LogP contribution in [0.25, 0.3) is 16.9 Å². The first kappa shape index (κ1) is 41.9. The summed E-state index contributed by atoms with van der Waals surface area (Å²) in [5.74, 6) is -2.92. The molecule has 8 heterocycles. The molecule has 3 N–H and O–H groups in total. The predicted molar refractivity (Wildman–Crippen MR) is 237 cm³/mol. The van der Waals surface area contributed by atoms with Crippen LogP contribution in [-0.2, 0) is 24.2 Å². The molecule has 5 aromatic rings. The highest BCUT2D eigenvalue weighted by Gasteiger charge is 2.57. The number of ether oxygens (including phenoxy) is 1. The molecule has 1 spiro atoms. The summed E-state index contributed by atoms with van der Waals surface area (Å²) < 4.78 is 53.5. The maximum absolute atomic E-state index is 16.3. The number of nitrogens with one attached hydrogen (secondary N) is 3. The molecule has 5 amide bonds. The van der Waals surface area contributed by atoms with E-state index in [0.29, 0.717) is 86.1 Å². The van der Waals surface area contributed by atoms with Gasteiger partial charge in [-0.3, -0.25) is 34.5 Å². The normalized spacial score (nSPS) is 22.0. The Kier molecular flexibility index (Phi) is 10.2. The highest BCUT2D eigenvalue weighted by Crippen LogP contribution is 2.51. The van der Waals surface area contributed by atoms with Gasteiger partial charge >= 0.3 is 6.03 Å². The molecule has 1 aliphatic carbocycles. The highest BCUT2D eigenvalue weighted by molar-refractivity contribution is 6.07. The third kappa shape index (κ3) is 7.23. The first-order valence-electron chi connectivity index (χ1n) is 22.6. The first-order valence-corrected chi connectivity index (χ1v) is 22.6. The van der Waals surface area contributed by atoms with Crippen molar-refractivity contribution in [1.29, 1.82) is 0 Å². The summed E-state index contributed by atoms with van der Waals surface area (Å²) in [5, 5.41) is 13.0. The molecule has 66 heavy (non-hydrogen) atoms. The van der Waals surface area contributed by atoms with Crippen LogP contribution in [0.4, 0.5) is 40.8 Å². The summed E-state index contributed by atoms with van der Waals surface area (Å²) in [5.41, 5.74) is 6.33. The Balaban J connectivity index is 0.740. The minimum absolute atomic E-state index is 0.126. The average molecular weight is 904 g/mol. The fraction of sp³-hybridized carbons (Fsp3) is 0.426. The lowest BCUT2D eigenvalue weighted by atomic mass is 9.68. The van der Waals surface area contributed by atoms with Crippen molar-refractivity contribution in [2.75, 3.05) is 68.0 Å². The number of aromatic nitrogens is 4. The van der Waals surface area contributed by atoms with Crippen LogP contribution in [0, 0.1) is 5.41 Å². The van der Waals surface area contributed by atoms with Crippen molar-refractivity contribution in [3.8, 4) is 17.0 Å². The number of carbonyl (C=O) groups excluding carboxylic acids is 4. The van der Waals surface area contributed by atoms with Gasteiger partial charge in [0.2, 0.25) is 5.91 Å². The third-order valence-corrected chi connectivity index (χ3v) is 14.3. The molecule has 6 aliphatic rings. The fourth-order valence-electron chi connectivity index (χ4n) is 10.4. The van der Waals surface area contributed by atoms with Crippen molar-refractivity contribution in [2.45, 2.75) is 69.6 Å². The van der Waals surface area contributed by atoms with Crippen LogP contribution in [0.15, 0.2) is 60.9 Å². The molecule has 0 bridgehead atoms. The largest absolute Gasteiger partial charge is 0.491 e. The van der Waals surface area contributed by atoms with E-state index in [4.69, 9.17) is 14.8 Å². The zero-order valence-electron chi connectivity index (χ0n) is 36.3. The summed E-state index contributed by atoms with van der Waals surface area (Å²) in [6.07, 6.45) is 4.53. The standard InChI is InChI=1S/C47H48F3N11O5/c1-51-35-22-39(56-61-38(24-53-42(35)61)43(63)54-34-21-32(34)48)59-13-7-31-30(3-2-4-36(31)59)33-6-5-27(23-52-33)25-57-15-10-46(47(49,50)26-57)11-16-58(17-12-46)44(64)29-19-28-9-18-66-41(28)37(20-29)60-14-8-40(62)55-45(60)65/h2-6,19-20,22-24,32,34,51H,7-18,21,25-26H2,1H3,(H,54,63)(H,55,62,65)/t32-,34+/m0/s1. The summed E-state index contributed by atoms with van der Waals surface area (Å²) in [6.45, 7) is 2.00. The zero-order valence-corrected chi connectivity index (χ0v) is 36.3. The summed E-state index contributed by atoms with van der Waals surface area (Å²) in [6, 6.07) is 14.1. The van der Waals surface area contributed by atoms with E-state index in [1.54, 1.807) is 35.2 Å². The van der Waals surface area contributed by atoms with Gasteiger partial charge in [0.15, 0.2) is 17.2 Å². The van der Waals surface area contributed by atoms with Crippen molar-refractivity contribution >= 4 is 52.3 Å². The van der Waals surface area contributed by atoms with Crippen molar-refractivity contribution in [3.05, 3.63) is 88.9 Å². The van der Waals surface area contributed by atoms with Crippen LogP contribution in [0.3, 0.4) is 0 Å². The number of fused-ring (bicyclic) bond motifs is 3. The molecule has 1 saturated carbocycles. The number of nitrogens with zero attached hydrogens (tertiary/aromatic N) is 8.